The summed E-state index contributed by atoms with van der Waals surface area (Å²) in [7, 11) is 0. The van der Waals surface area contributed by atoms with Gasteiger partial charge in [-0.25, -0.2) is 4.98 Å². The molecule has 17 heavy (non-hydrogen) atoms. The number of hydrogen-bond donors (Lipinski definition) is 2. The Labute approximate surface area is 110 Å². The van der Waals surface area contributed by atoms with Crippen molar-refractivity contribution in [3.63, 3.8) is 0 Å². The standard InChI is InChI=1S/C11H15N3OS2/c1-11(2,8(12)16)9(15)14-10-13-6-4-3-5-7(6)17-10/h3-5H2,1-2H3,(H2,12,16)(H,13,14,15). The Balaban J connectivity index is 2.11. The van der Waals surface area contributed by atoms with Crippen LogP contribution in [0.15, 0.2) is 0 Å². The molecule has 0 saturated carbocycles. The molecule has 1 amide bonds. The van der Waals surface area contributed by atoms with Crippen molar-refractivity contribution >= 4 is 39.6 Å². The summed E-state index contributed by atoms with van der Waals surface area (Å²) in [5.74, 6) is -0.197. The van der Waals surface area contributed by atoms with Crippen molar-refractivity contribution in [2.24, 2.45) is 11.1 Å². The first kappa shape index (κ1) is 12.4. The summed E-state index contributed by atoms with van der Waals surface area (Å²) in [5.41, 5.74) is 5.83. The topological polar surface area (TPSA) is 68.0 Å². The van der Waals surface area contributed by atoms with Gasteiger partial charge in [-0.3, -0.25) is 4.79 Å². The largest absolute Gasteiger partial charge is 0.392 e. The van der Waals surface area contributed by atoms with Gasteiger partial charge >= 0.3 is 0 Å². The third kappa shape index (κ3) is 2.32. The van der Waals surface area contributed by atoms with E-state index >= 15 is 0 Å². The smallest absolute Gasteiger partial charge is 0.238 e. The van der Waals surface area contributed by atoms with Crippen LogP contribution in [0.2, 0.25) is 0 Å². The molecular formula is C11H15N3OS2. The number of nitrogens with two attached hydrogens (primary N) is 1. The van der Waals surface area contributed by atoms with E-state index in [1.54, 1.807) is 25.2 Å². The van der Waals surface area contributed by atoms with Gasteiger partial charge in [0, 0.05) is 4.88 Å². The average Bonchev–Trinajstić information content (AvgIpc) is 2.77. The van der Waals surface area contributed by atoms with Crippen LogP contribution in [0, 0.1) is 5.41 Å². The number of carbonyl (C=O) groups is 1. The van der Waals surface area contributed by atoms with Gasteiger partial charge in [-0.2, -0.15) is 0 Å². The van der Waals surface area contributed by atoms with Gasteiger partial charge in [0.2, 0.25) is 5.91 Å². The molecule has 2 rings (SSSR count). The molecule has 1 aliphatic carbocycles. The minimum absolute atomic E-state index is 0.194. The molecule has 0 aromatic carbocycles. The van der Waals surface area contributed by atoms with Crippen molar-refractivity contribution in [3.8, 4) is 0 Å². The highest BCUT2D eigenvalue weighted by Crippen LogP contribution is 2.31. The van der Waals surface area contributed by atoms with Crippen LogP contribution in [-0.2, 0) is 17.6 Å². The van der Waals surface area contributed by atoms with Gasteiger partial charge in [0.25, 0.3) is 0 Å². The third-order valence-corrected chi connectivity index (χ3v) is 4.58. The molecule has 0 saturated heterocycles. The zero-order valence-electron chi connectivity index (χ0n) is 9.87. The van der Waals surface area contributed by atoms with Crippen molar-refractivity contribution in [3.05, 3.63) is 10.6 Å². The summed E-state index contributed by atoms with van der Waals surface area (Å²) in [6.45, 7) is 3.43. The molecule has 1 aromatic heterocycles. The minimum atomic E-state index is -0.842. The van der Waals surface area contributed by atoms with Gasteiger partial charge in [-0.05, 0) is 33.1 Å². The lowest BCUT2D eigenvalue weighted by Gasteiger charge is -2.20. The lowest BCUT2D eigenvalue weighted by molar-refractivity contribution is -0.121. The molecule has 3 N–H and O–H groups in total. The Kier molecular flexibility index (Phi) is 3.18. The Bertz CT molecular complexity index is 458. The van der Waals surface area contributed by atoms with Crippen molar-refractivity contribution in [2.45, 2.75) is 33.1 Å². The molecule has 0 aliphatic heterocycles. The normalized spacial score (nSPS) is 14.5. The maximum Gasteiger partial charge on any atom is 0.238 e. The number of aryl methyl sites for hydroxylation is 2. The van der Waals surface area contributed by atoms with Crippen LogP contribution in [0.25, 0.3) is 0 Å². The number of anilines is 1. The Morgan fingerprint density at radius 1 is 1.53 bits per heavy atom. The van der Waals surface area contributed by atoms with Crippen molar-refractivity contribution < 1.29 is 4.79 Å². The molecule has 0 spiro atoms. The fourth-order valence-electron chi connectivity index (χ4n) is 1.61. The predicted molar refractivity (Wildman–Crippen MR) is 73.3 cm³/mol. The molecule has 0 radical (unpaired) electrons. The second-order valence-corrected chi connectivity index (χ2v) is 6.21. The van der Waals surface area contributed by atoms with E-state index in [4.69, 9.17) is 18.0 Å². The third-order valence-electron chi connectivity index (χ3n) is 3.00. The SMILES string of the molecule is CC(C)(C(=O)Nc1nc2c(s1)CCC2)C(N)=S. The van der Waals surface area contributed by atoms with E-state index in [9.17, 15) is 4.79 Å². The van der Waals surface area contributed by atoms with Crippen molar-refractivity contribution in [1.29, 1.82) is 0 Å². The number of nitrogens with one attached hydrogen (secondary N) is 1. The lowest BCUT2D eigenvalue weighted by Crippen LogP contribution is -2.41. The average molecular weight is 269 g/mol. The molecule has 0 unspecified atom stereocenters. The van der Waals surface area contributed by atoms with E-state index in [-0.39, 0.29) is 10.9 Å². The van der Waals surface area contributed by atoms with Crippen LogP contribution in [0.3, 0.4) is 0 Å². The molecule has 0 bridgehead atoms. The summed E-state index contributed by atoms with van der Waals surface area (Å²) >= 11 is 6.44. The Morgan fingerprint density at radius 3 is 2.82 bits per heavy atom. The first-order chi connectivity index (χ1) is 7.91. The molecule has 1 aromatic rings. The van der Waals surface area contributed by atoms with Crippen LogP contribution < -0.4 is 11.1 Å². The molecule has 1 heterocycles. The summed E-state index contributed by atoms with van der Waals surface area (Å²) in [5, 5.41) is 3.45. The van der Waals surface area contributed by atoms with Crippen LogP contribution in [0.4, 0.5) is 5.13 Å². The molecule has 0 fully saturated rings. The van der Waals surface area contributed by atoms with Gasteiger partial charge in [0.1, 0.15) is 0 Å². The summed E-state index contributed by atoms with van der Waals surface area (Å²) in [6, 6.07) is 0. The number of carbonyl (C=O) groups excluding carboxylic acids is 1. The molecule has 4 nitrogen and oxygen atoms in total. The van der Waals surface area contributed by atoms with Crippen LogP contribution >= 0.6 is 23.6 Å². The highest BCUT2D eigenvalue weighted by molar-refractivity contribution is 7.80. The van der Waals surface area contributed by atoms with Crippen LogP contribution in [0.5, 0.6) is 0 Å². The van der Waals surface area contributed by atoms with E-state index in [1.165, 1.54) is 11.3 Å². The zero-order valence-corrected chi connectivity index (χ0v) is 11.5. The maximum atomic E-state index is 12.0. The number of nitrogens with zero attached hydrogens (tertiary/aromatic N) is 1. The van der Waals surface area contributed by atoms with Gasteiger partial charge < -0.3 is 11.1 Å². The number of aromatic nitrogens is 1. The lowest BCUT2D eigenvalue weighted by atomic mass is 9.92. The fraction of sp³-hybridized carbons (Fsp3) is 0.545. The first-order valence-corrected chi connectivity index (χ1v) is 6.73. The summed E-state index contributed by atoms with van der Waals surface area (Å²) in [6.07, 6.45) is 3.25. The number of hydrogen-bond acceptors (Lipinski definition) is 4. The predicted octanol–water partition coefficient (Wildman–Crippen LogP) is 1.88. The summed E-state index contributed by atoms with van der Waals surface area (Å²) < 4.78 is 0. The van der Waals surface area contributed by atoms with Gasteiger partial charge in [-0.1, -0.05) is 12.2 Å². The molecule has 1 aliphatic rings. The monoisotopic (exact) mass is 269 g/mol. The Morgan fingerprint density at radius 2 is 2.24 bits per heavy atom. The molecular weight excluding hydrogens is 254 g/mol. The molecule has 0 atom stereocenters. The minimum Gasteiger partial charge on any atom is -0.392 e. The first-order valence-electron chi connectivity index (χ1n) is 5.51. The highest BCUT2D eigenvalue weighted by Gasteiger charge is 2.32. The number of amides is 1. The molecule has 92 valence electrons. The van der Waals surface area contributed by atoms with Crippen molar-refractivity contribution in [1.82, 2.24) is 4.98 Å². The number of thiazole rings is 1. The van der Waals surface area contributed by atoms with Gasteiger partial charge in [0.15, 0.2) is 5.13 Å². The number of fused-ring (bicyclic) bond motifs is 1. The second-order valence-electron chi connectivity index (χ2n) is 4.69. The van der Waals surface area contributed by atoms with Gasteiger partial charge in [-0.15, -0.1) is 11.3 Å². The quantitative estimate of drug-likeness (QED) is 0.822. The van der Waals surface area contributed by atoms with E-state index < -0.39 is 5.41 Å². The van der Waals surface area contributed by atoms with Gasteiger partial charge in [0.05, 0.1) is 16.1 Å². The number of rotatable bonds is 3. The summed E-state index contributed by atoms with van der Waals surface area (Å²) in [4.78, 5) is 17.9. The van der Waals surface area contributed by atoms with Crippen LogP contribution in [0.1, 0.15) is 30.8 Å². The van der Waals surface area contributed by atoms with E-state index in [0.717, 1.165) is 18.5 Å². The fourth-order valence-corrected chi connectivity index (χ4v) is 2.75. The van der Waals surface area contributed by atoms with Crippen LogP contribution in [-0.4, -0.2) is 15.9 Å². The zero-order chi connectivity index (χ0) is 12.6. The van der Waals surface area contributed by atoms with E-state index in [2.05, 4.69) is 10.3 Å². The second kappa shape index (κ2) is 4.34. The van der Waals surface area contributed by atoms with E-state index in [0.29, 0.717) is 5.13 Å². The number of thiocarbonyl (C=S) groups is 1. The highest BCUT2D eigenvalue weighted by atomic mass is 32.1. The Hall–Kier alpha value is -1.01. The molecule has 6 heteroatoms. The maximum absolute atomic E-state index is 12.0. The van der Waals surface area contributed by atoms with Crippen molar-refractivity contribution in [2.75, 3.05) is 5.32 Å². The van der Waals surface area contributed by atoms with E-state index in [1.807, 2.05) is 0 Å².